The maximum absolute atomic E-state index is 11.4. The fraction of sp³-hybridized carbons (Fsp3) is 0.273. The Kier molecular flexibility index (Phi) is 2.61. The molecule has 1 atom stereocenters. The minimum atomic E-state index is -0.517. The van der Waals surface area contributed by atoms with Gasteiger partial charge in [-0.05, 0) is 19.4 Å². The lowest BCUT2D eigenvalue weighted by atomic mass is 9.95. The second kappa shape index (κ2) is 3.77. The largest absolute Gasteiger partial charge is 0.307 e. The number of halogens is 1. The van der Waals surface area contributed by atoms with Crippen molar-refractivity contribution in [3.8, 4) is 0 Å². The van der Waals surface area contributed by atoms with Gasteiger partial charge in [0.1, 0.15) is 4.32 Å². The Hall–Kier alpha value is -1.16. The van der Waals surface area contributed by atoms with Crippen LogP contribution in [0.1, 0.15) is 13.3 Å². The summed E-state index contributed by atoms with van der Waals surface area (Å²) >= 11 is 3.45. The summed E-state index contributed by atoms with van der Waals surface area (Å²) < 4.78 is 1.40. The van der Waals surface area contributed by atoms with Crippen molar-refractivity contribution in [2.75, 3.05) is 0 Å². The van der Waals surface area contributed by atoms with E-state index < -0.39 is 4.32 Å². The van der Waals surface area contributed by atoms with Gasteiger partial charge in [-0.2, -0.15) is 0 Å². The second-order valence-electron chi connectivity index (χ2n) is 3.56. The highest BCUT2D eigenvalue weighted by atomic mass is 79.9. The van der Waals surface area contributed by atoms with Crippen LogP contribution in [0.25, 0.3) is 5.70 Å². The van der Waals surface area contributed by atoms with Crippen LogP contribution in [0.4, 0.5) is 0 Å². The number of alkyl halides is 1. The zero-order chi connectivity index (χ0) is 10.9. The normalized spacial score (nSPS) is 25.1. The van der Waals surface area contributed by atoms with E-state index in [1.54, 1.807) is 19.4 Å². The van der Waals surface area contributed by atoms with Gasteiger partial charge in [0.05, 0.1) is 6.33 Å². The van der Waals surface area contributed by atoms with Crippen molar-refractivity contribution >= 4 is 27.4 Å². The molecule has 3 nitrogen and oxygen atoms in total. The summed E-state index contributed by atoms with van der Waals surface area (Å²) in [5, 5.41) is 0. The third-order valence-electron chi connectivity index (χ3n) is 2.51. The van der Waals surface area contributed by atoms with E-state index in [4.69, 9.17) is 0 Å². The van der Waals surface area contributed by atoms with Crippen molar-refractivity contribution in [1.82, 2.24) is 9.55 Å². The second-order valence-corrected chi connectivity index (χ2v) is 4.97. The summed E-state index contributed by atoms with van der Waals surface area (Å²) in [6.45, 7) is 1.59. The lowest BCUT2D eigenvalue weighted by Gasteiger charge is -2.22. The lowest BCUT2D eigenvalue weighted by molar-refractivity contribution is -0.118. The van der Waals surface area contributed by atoms with E-state index in [2.05, 4.69) is 20.9 Å². The Bertz CT molecular complexity index is 433. The van der Waals surface area contributed by atoms with E-state index >= 15 is 0 Å². The smallest absolute Gasteiger partial charge is 0.150 e. The van der Waals surface area contributed by atoms with Gasteiger partial charge in [0.25, 0.3) is 0 Å². The van der Waals surface area contributed by atoms with Crippen LogP contribution < -0.4 is 0 Å². The first-order valence-electron chi connectivity index (χ1n) is 4.69. The lowest BCUT2D eigenvalue weighted by Crippen LogP contribution is -2.28. The molecular formula is C11H11BrN2O. The van der Waals surface area contributed by atoms with Gasteiger partial charge in [-0.1, -0.05) is 28.1 Å². The van der Waals surface area contributed by atoms with Gasteiger partial charge in [0.2, 0.25) is 0 Å². The highest BCUT2D eigenvalue weighted by Crippen LogP contribution is 2.31. The molecule has 0 radical (unpaired) electrons. The average molecular weight is 267 g/mol. The van der Waals surface area contributed by atoms with E-state index in [0.717, 1.165) is 5.70 Å². The summed E-state index contributed by atoms with van der Waals surface area (Å²) in [4.78, 5) is 15.3. The van der Waals surface area contributed by atoms with Crippen molar-refractivity contribution in [2.24, 2.45) is 0 Å². The van der Waals surface area contributed by atoms with Gasteiger partial charge in [0, 0.05) is 18.1 Å². The SMILES string of the molecule is CC(=O)C1(Br)C=CC(n2ccnc2)=CC1. The van der Waals surface area contributed by atoms with Crippen LogP contribution in [0, 0.1) is 0 Å². The van der Waals surface area contributed by atoms with Gasteiger partial charge < -0.3 is 4.57 Å². The summed E-state index contributed by atoms with van der Waals surface area (Å²) in [5.41, 5.74) is 1.05. The topological polar surface area (TPSA) is 34.9 Å². The molecule has 0 fully saturated rings. The molecule has 0 N–H and O–H groups in total. The zero-order valence-electron chi connectivity index (χ0n) is 8.35. The molecule has 0 saturated carbocycles. The summed E-state index contributed by atoms with van der Waals surface area (Å²) in [5.74, 6) is 0.125. The van der Waals surface area contributed by atoms with Crippen molar-refractivity contribution in [2.45, 2.75) is 17.7 Å². The van der Waals surface area contributed by atoms with Gasteiger partial charge in [-0.3, -0.25) is 4.79 Å². The number of carbonyl (C=O) groups is 1. The maximum Gasteiger partial charge on any atom is 0.150 e. The average Bonchev–Trinajstić information content (AvgIpc) is 2.72. The first kappa shape index (κ1) is 10.4. The molecule has 1 aromatic rings. The van der Waals surface area contributed by atoms with Gasteiger partial charge in [0.15, 0.2) is 5.78 Å². The molecule has 4 heteroatoms. The summed E-state index contributed by atoms with van der Waals surface area (Å²) in [7, 11) is 0. The molecule has 1 aliphatic rings. The van der Waals surface area contributed by atoms with Gasteiger partial charge in [-0.25, -0.2) is 4.98 Å². The molecule has 0 aromatic carbocycles. The van der Waals surface area contributed by atoms with E-state index in [0.29, 0.717) is 6.42 Å². The predicted octanol–water partition coefficient (Wildman–Crippen LogP) is 2.41. The highest BCUT2D eigenvalue weighted by Gasteiger charge is 2.30. The van der Waals surface area contributed by atoms with Crippen LogP contribution in [0.2, 0.25) is 0 Å². The number of Topliss-reactive ketones (excluding diaryl/α,β-unsaturated/α-hetero) is 1. The van der Waals surface area contributed by atoms with Crippen molar-refractivity contribution in [3.63, 3.8) is 0 Å². The third-order valence-corrected chi connectivity index (χ3v) is 3.66. The zero-order valence-corrected chi connectivity index (χ0v) is 9.94. The number of allylic oxidation sites excluding steroid dienone is 4. The van der Waals surface area contributed by atoms with Crippen molar-refractivity contribution in [3.05, 3.63) is 36.9 Å². The maximum atomic E-state index is 11.4. The fourth-order valence-electron chi connectivity index (χ4n) is 1.47. The highest BCUT2D eigenvalue weighted by molar-refractivity contribution is 9.10. The minimum absolute atomic E-state index is 0.125. The number of carbonyl (C=O) groups excluding carboxylic acids is 1. The Balaban J connectivity index is 2.22. The van der Waals surface area contributed by atoms with Crippen LogP contribution in [-0.4, -0.2) is 19.7 Å². The van der Waals surface area contributed by atoms with Crippen LogP contribution in [0.3, 0.4) is 0 Å². The molecule has 0 bridgehead atoms. The molecule has 0 saturated heterocycles. The molecule has 2 rings (SSSR count). The Morgan fingerprint density at radius 3 is 2.93 bits per heavy atom. The minimum Gasteiger partial charge on any atom is -0.307 e. The van der Waals surface area contributed by atoms with Crippen LogP contribution >= 0.6 is 15.9 Å². The van der Waals surface area contributed by atoms with Crippen molar-refractivity contribution < 1.29 is 4.79 Å². The number of hydrogen-bond acceptors (Lipinski definition) is 2. The third kappa shape index (κ3) is 1.95. The standard InChI is InChI=1S/C11H11BrN2O/c1-9(15)11(12)4-2-10(3-5-11)14-7-6-13-8-14/h2-4,6-8H,5H2,1H3. The molecular weight excluding hydrogens is 256 g/mol. The van der Waals surface area contributed by atoms with Crippen molar-refractivity contribution in [1.29, 1.82) is 0 Å². The van der Waals surface area contributed by atoms with E-state index in [-0.39, 0.29) is 5.78 Å². The number of aromatic nitrogens is 2. The first-order valence-corrected chi connectivity index (χ1v) is 5.49. The van der Waals surface area contributed by atoms with E-state index in [1.165, 1.54) is 0 Å². The van der Waals surface area contributed by atoms with Crippen LogP contribution in [-0.2, 0) is 4.79 Å². The number of ketones is 1. The molecule has 15 heavy (non-hydrogen) atoms. The number of imidazole rings is 1. The molecule has 0 aliphatic heterocycles. The molecule has 0 amide bonds. The van der Waals surface area contributed by atoms with E-state index in [9.17, 15) is 4.79 Å². The molecule has 1 aromatic heterocycles. The Morgan fingerprint density at radius 2 is 2.47 bits per heavy atom. The Labute approximate surface area is 96.6 Å². The number of nitrogens with zero attached hydrogens (tertiary/aromatic N) is 2. The number of hydrogen-bond donors (Lipinski definition) is 0. The molecule has 1 aliphatic carbocycles. The molecule has 78 valence electrons. The molecule has 1 heterocycles. The number of rotatable bonds is 2. The quantitative estimate of drug-likeness (QED) is 0.771. The Morgan fingerprint density at radius 1 is 1.67 bits per heavy atom. The monoisotopic (exact) mass is 266 g/mol. The summed E-state index contributed by atoms with van der Waals surface area (Å²) in [6.07, 6.45) is 11.9. The van der Waals surface area contributed by atoms with Crippen LogP contribution in [0.15, 0.2) is 36.9 Å². The fourth-order valence-corrected chi connectivity index (χ4v) is 1.77. The van der Waals surface area contributed by atoms with Crippen LogP contribution in [0.5, 0.6) is 0 Å². The van der Waals surface area contributed by atoms with E-state index in [1.807, 2.05) is 29.0 Å². The van der Waals surface area contributed by atoms with Gasteiger partial charge in [-0.15, -0.1) is 0 Å². The molecule has 1 unspecified atom stereocenters. The van der Waals surface area contributed by atoms with Gasteiger partial charge >= 0.3 is 0 Å². The summed E-state index contributed by atoms with van der Waals surface area (Å²) in [6, 6.07) is 0. The predicted molar refractivity (Wildman–Crippen MR) is 62.6 cm³/mol. The first-order chi connectivity index (χ1) is 7.12. The molecule has 0 spiro atoms.